The number of hydrogen-bond donors (Lipinski definition) is 1. The maximum Gasteiger partial charge on any atom is 0.267 e. The first kappa shape index (κ1) is 26.5. The van der Waals surface area contributed by atoms with Crippen LogP contribution >= 0.6 is 23.2 Å². The second kappa shape index (κ2) is 11.0. The van der Waals surface area contributed by atoms with Crippen molar-refractivity contribution in [2.24, 2.45) is 0 Å². The van der Waals surface area contributed by atoms with Gasteiger partial charge in [-0.15, -0.1) is 10.2 Å². The van der Waals surface area contributed by atoms with Crippen LogP contribution in [0.25, 0.3) is 11.6 Å². The third-order valence-corrected chi connectivity index (χ3v) is 7.69. The quantitative estimate of drug-likeness (QED) is 0.460. The Morgan fingerprint density at radius 2 is 1.92 bits per heavy atom. The predicted molar refractivity (Wildman–Crippen MR) is 141 cm³/mol. The zero-order valence-corrected chi connectivity index (χ0v) is 22.6. The Balaban J connectivity index is 1.21. The van der Waals surface area contributed by atoms with Crippen LogP contribution in [0.15, 0.2) is 16.7 Å². The lowest BCUT2D eigenvalue weighted by molar-refractivity contribution is 0.0491. The van der Waals surface area contributed by atoms with E-state index in [1.807, 2.05) is 0 Å². The van der Waals surface area contributed by atoms with E-state index in [0.29, 0.717) is 41.7 Å². The summed E-state index contributed by atoms with van der Waals surface area (Å²) in [6.07, 6.45) is 4.17. The molecule has 0 unspecified atom stereocenters. The number of amides is 1. The highest BCUT2D eigenvalue weighted by Gasteiger charge is 2.35. The minimum atomic E-state index is -0.757. The highest BCUT2D eigenvalue weighted by molar-refractivity contribution is 6.31. The summed E-state index contributed by atoms with van der Waals surface area (Å²) in [6.45, 7) is 7.32. The summed E-state index contributed by atoms with van der Waals surface area (Å²) in [5.41, 5.74) is 6.32. The standard InChI is InChI=1S/C24H28Cl2FN9O2/c1-3-14-12-35(22-20(26)30-18(11-29-22)23-33-32-13(2)38-23)8-9-36(14)15-4-6-34(7-5-15)24(37)16-10-17(27)19(25)31-21(16)28/h10-11,14-15H,3-9,12H2,1-2H3,(H2,28,31)/t14-/m0/s1. The smallest absolute Gasteiger partial charge is 0.267 e. The molecule has 11 nitrogen and oxygen atoms in total. The van der Waals surface area contributed by atoms with Crippen LogP contribution in [-0.2, 0) is 0 Å². The van der Waals surface area contributed by atoms with Crippen molar-refractivity contribution in [3.63, 3.8) is 0 Å². The van der Waals surface area contributed by atoms with Gasteiger partial charge in [-0.3, -0.25) is 9.69 Å². The van der Waals surface area contributed by atoms with Crippen LogP contribution in [0.4, 0.5) is 16.0 Å². The van der Waals surface area contributed by atoms with Gasteiger partial charge in [0.1, 0.15) is 11.5 Å². The molecule has 0 saturated carbocycles. The number of likely N-dealkylation sites (tertiary alicyclic amines) is 1. The Hall–Kier alpha value is -3.09. The Labute approximate surface area is 229 Å². The number of nitrogens with two attached hydrogens (primary N) is 1. The molecule has 0 spiro atoms. The summed E-state index contributed by atoms with van der Waals surface area (Å²) in [6, 6.07) is 1.68. The van der Waals surface area contributed by atoms with Crippen molar-refractivity contribution in [1.82, 2.24) is 34.9 Å². The SMILES string of the molecule is CC[C@H]1CN(c2ncc(-c3nnc(C)o3)nc2Cl)CCN1C1CCN(C(=O)c2cc(F)c(Cl)nc2N)CC1. The van der Waals surface area contributed by atoms with Gasteiger partial charge in [-0.25, -0.2) is 19.3 Å². The molecule has 38 heavy (non-hydrogen) atoms. The van der Waals surface area contributed by atoms with Crippen LogP contribution < -0.4 is 10.6 Å². The highest BCUT2D eigenvalue weighted by atomic mass is 35.5. The summed E-state index contributed by atoms with van der Waals surface area (Å²) in [7, 11) is 0. The molecule has 202 valence electrons. The van der Waals surface area contributed by atoms with Crippen LogP contribution in [0.3, 0.4) is 0 Å². The maximum absolute atomic E-state index is 13.9. The van der Waals surface area contributed by atoms with Crippen molar-refractivity contribution in [2.45, 2.75) is 45.2 Å². The molecular formula is C24H28Cl2FN9O2. The molecule has 0 bridgehead atoms. The van der Waals surface area contributed by atoms with E-state index in [4.69, 9.17) is 33.4 Å². The van der Waals surface area contributed by atoms with Crippen LogP contribution in [0, 0.1) is 12.7 Å². The third kappa shape index (κ3) is 5.25. The van der Waals surface area contributed by atoms with Crippen LogP contribution in [0.2, 0.25) is 10.3 Å². The lowest BCUT2D eigenvalue weighted by atomic mass is 9.97. The van der Waals surface area contributed by atoms with Crippen LogP contribution in [0.1, 0.15) is 42.4 Å². The largest absolute Gasteiger partial charge is 0.420 e. The minimum absolute atomic E-state index is 0.0450. The molecule has 5 heterocycles. The average Bonchev–Trinajstić information content (AvgIpc) is 3.36. The third-order valence-electron chi connectivity index (χ3n) is 7.17. The van der Waals surface area contributed by atoms with E-state index in [2.05, 4.69) is 41.9 Å². The number of carbonyl (C=O) groups excluding carboxylic acids is 1. The molecule has 5 rings (SSSR count). The van der Waals surface area contributed by atoms with Crippen molar-refractivity contribution < 1.29 is 13.6 Å². The predicted octanol–water partition coefficient (Wildman–Crippen LogP) is 3.46. The number of halogens is 3. The van der Waals surface area contributed by atoms with E-state index in [1.165, 1.54) is 0 Å². The normalized spacial score (nSPS) is 19.2. The van der Waals surface area contributed by atoms with E-state index < -0.39 is 5.82 Å². The number of anilines is 2. The second-order valence-corrected chi connectivity index (χ2v) is 10.2. The van der Waals surface area contributed by atoms with Crippen molar-refractivity contribution in [3.05, 3.63) is 39.8 Å². The molecule has 1 amide bonds. The zero-order valence-electron chi connectivity index (χ0n) is 21.1. The maximum atomic E-state index is 13.9. The van der Waals surface area contributed by atoms with Crippen molar-refractivity contribution in [2.75, 3.05) is 43.4 Å². The Morgan fingerprint density at radius 1 is 1.16 bits per heavy atom. The fraction of sp³-hybridized carbons (Fsp3) is 0.500. The molecule has 0 aromatic carbocycles. The first-order valence-electron chi connectivity index (χ1n) is 12.5. The average molecular weight is 564 g/mol. The fourth-order valence-electron chi connectivity index (χ4n) is 5.20. The number of nitrogens with zero attached hydrogens (tertiary/aromatic N) is 8. The summed E-state index contributed by atoms with van der Waals surface area (Å²) < 4.78 is 19.3. The number of pyridine rings is 1. The van der Waals surface area contributed by atoms with Gasteiger partial charge in [-0.1, -0.05) is 30.1 Å². The zero-order chi connectivity index (χ0) is 27.0. The summed E-state index contributed by atoms with van der Waals surface area (Å²) >= 11 is 12.2. The summed E-state index contributed by atoms with van der Waals surface area (Å²) in [5, 5.41) is 7.76. The topological polar surface area (TPSA) is 130 Å². The fourth-order valence-corrected chi connectivity index (χ4v) is 5.61. The van der Waals surface area contributed by atoms with Gasteiger partial charge in [0.2, 0.25) is 5.89 Å². The number of aromatic nitrogens is 5. The van der Waals surface area contributed by atoms with Gasteiger partial charge in [0.05, 0.1) is 11.8 Å². The minimum Gasteiger partial charge on any atom is -0.420 e. The molecule has 0 radical (unpaired) electrons. The van der Waals surface area contributed by atoms with Gasteiger partial charge >= 0.3 is 0 Å². The Bertz CT molecular complexity index is 1330. The highest BCUT2D eigenvalue weighted by Crippen LogP contribution is 2.30. The lowest BCUT2D eigenvalue weighted by Crippen LogP contribution is -2.58. The molecule has 2 fully saturated rings. The molecular weight excluding hydrogens is 536 g/mol. The van der Waals surface area contributed by atoms with Gasteiger partial charge in [0, 0.05) is 51.7 Å². The molecule has 14 heteroatoms. The van der Waals surface area contributed by atoms with Crippen LogP contribution in [0.5, 0.6) is 0 Å². The van der Waals surface area contributed by atoms with Gasteiger partial charge in [0.15, 0.2) is 21.9 Å². The Kier molecular flexibility index (Phi) is 7.64. The molecule has 3 aromatic heterocycles. The number of rotatable bonds is 5. The number of nitrogen functional groups attached to an aromatic ring is 1. The number of carbonyl (C=O) groups is 1. The molecule has 2 aliphatic rings. The molecule has 3 aromatic rings. The number of hydrogen-bond acceptors (Lipinski definition) is 10. The number of piperazine rings is 1. The lowest BCUT2D eigenvalue weighted by Gasteiger charge is -2.47. The molecule has 2 N–H and O–H groups in total. The van der Waals surface area contributed by atoms with Crippen molar-refractivity contribution in [3.8, 4) is 11.6 Å². The molecule has 1 atom stereocenters. The number of piperidine rings is 1. The van der Waals surface area contributed by atoms with E-state index in [9.17, 15) is 9.18 Å². The van der Waals surface area contributed by atoms with Gasteiger partial charge < -0.3 is 20.0 Å². The first-order valence-corrected chi connectivity index (χ1v) is 13.2. The molecule has 2 aliphatic heterocycles. The van der Waals surface area contributed by atoms with Gasteiger partial charge in [0.25, 0.3) is 11.8 Å². The van der Waals surface area contributed by atoms with E-state index in [-0.39, 0.29) is 34.4 Å². The Morgan fingerprint density at radius 3 is 2.58 bits per heavy atom. The summed E-state index contributed by atoms with van der Waals surface area (Å²) in [4.78, 5) is 32.1. The van der Waals surface area contributed by atoms with Gasteiger partial charge in [-0.05, 0) is 25.3 Å². The summed E-state index contributed by atoms with van der Waals surface area (Å²) in [5.74, 6) is 0.211. The van der Waals surface area contributed by atoms with Gasteiger partial charge in [-0.2, -0.15) is 0 Å². The van der Waals surface area contributed by atoms with Crippen molar-refractivity contribution >= 4 is 40.7 Å². The monoisotopic (exact) mass is 563 g/mol. The second-order valence-electron chi connectivity index (χ2n) is 9.46. The number of aryl methyl sites for hydroxylation is 1. The van der Waals surface area contributed by atoms with Crippen LogP contribution in [-0.4, -0.2) is 85.7 Å². The molecule has 2 saturated heterocycles. The molecule has 0 aliphatic carbocycles. The van der Waals surface area contributed by atoms with E-state index in [0.717, 1.165) is 45.0 Å². The van der Waals surface area contributed by atoms with E-state index >= 15 is 0 Å². The van der Waals surface area contributed by atoms with E-state index in [1.54, 1.807) is 18.0 Å². The first-order chi connectivity index (χ1) is 18.2. The van der Waals surface area contributed by atoms with Crippen molar-refractivity contribution in [1.29, 1.82) is 0 Å².